The fourth-order valence-electron chi connectivity index (χ4n) is 1.34. The van der Waals surface area contributed by atoms with Crippen LogP contribution in [0, 0.1) is 17.1 Å². The maximum atomic E-state index is 13.8. The highest BCUT2D eigenvalue weighted by Gasteiger charge is 2.13. The lowest BCUT2D eigenvalue weighted by atomic mass is 10.2. The zero-order valence-electron chi connectivity index (χ0n) is 7.37. The van der Waals surface area contributed by atoms with Gasteiger partial charge in [-0.1, -0.05) is 0 Å². The summed E-state index contributed by atoms with van der Waals surface area (Å²) < 4.78 is 14.4. The number of thioether (sulfide) groups is 1. The van der Waals surface area contributed by atoms with E-state index in [1.165, 1.54) is 23.1 Å². The first kappa shape index (κ1) is 9.50. The summed E-state index contributed by atoms with van der Waals surface area (Å²) in [4.78, 5) is 0.447. The molecular weight excluding hydrogens is 217 g/mol. The molecule has 1 nitrogen and oxygen atoms in total. The zero-order chi connectivity index (χ0) is 10.1. The summed E-state index contributed by atoms with van der Waals surface area (Å²) >= 11 is 2.64. The summed E-state index contributed by atoms with van der Waals surface area (Å²) in [6, 6.07) is 5.58. The van der Waals surface area contributed by atoms with Gasteiger partial charge in [0.2, 0.25) is 0 Å². The van der Waals surface area contributed by atoms with Gasteiger partial charge in [0, 0.05) is 0 Å². The first-order valence-electron chi connectivity index (χ1n) is 3.91. The third-order valence-corrected chi connectivity index (χ3v) is 3.69. The summed E-state index contributed by atoms with van der Waals surface area (Å²) in [6.45, 7) is 0. The van der Waals surface area contributed by atoms with Gasteiger partial charge in [0.1, 0.15) is 6.07 Å². The molecular formula is C10H6FNS2. The largest absolute Gasteiger partial charge is 0.204 e. The van der Waals surface area contributed by atoms with Gasteiger partial charge in [0.05, 0.1) is 15.2 Å². The number of hydrogen-bond acceptors (Lipinski definition) is 3. The van der Waals surface area contributed by atoms with Crippen molar-refractivity contribution >= 4 is 33.2 Å². The van der Waals surface area contributed by atoms with Crippen LogP contribution in [0.2, 0.25) is 0 Å². The summed E-state index contributed by atoms with van der Waals surface area (Å²) in [5.74, 6) is -0.262. The summed E-state index contributed by atoms with van der Waals surface area (Å²) in [6.07, 6.45) is 1.78. The molecule has 0 aliphatic carbocycles. The van der Waals surface area contributed by atoms with Crippen LogP contribution < -0.4 is 0 Å². The van der Waals surface area contributed by atoms with Crippen molar-refractivity contribution in [2.75, 3.05) is 6.26 Å². The van der Waals surface area contributed by atoms with E-state index in [1.807, 2.05) is 17.5 Å². The number of nitrogens with zero attached hydrogens (tertiary/aromatic N) is 1. The lowest BCUT2D eigenvalue weighted by molar-refractivity contribution is 0.616. The minimum absolute atomic E-state index is 0.262. The van der Waals surface area contributed by atoms with Crippen LogP contribution in [0.1, 0.15) is 5.56 Å². The van der Waals surface area contributed by atoms with Gasteiger partial charge in [-0.2, -0.15) is 5.26 Å². The van der Waals surface area contributed by atoms with E-state index in [0.29, 0.717) is 15.2 Å². The summed E-state index contributed by atoms with van der Waals surface area (Å²) in [5.41, 5.74) is 0.418. The second-order valence-electron chi connectivity index (χ2n) is 2.72. The molecule has 0 aliphatic rings. The molecule has 0 saturated heterocycles. The Morgan fingerprint density at radius 1 is 1.57 bits per heavy atom. The number of thiophene rings is 1. The van der Waals surface area contributed by atoms with Crippen molar-refractivity contribution < 1.29 is 4.39 Å². The SMILES string of the molecule is CSc1c(C#N)cc2ccsc2c1F. The van der Waals surface area contributed by atoms with Crippen LogP contribution in [0.4, 0.5) is 4.39 Å². The maximum Gasteiger partial charge on any atom is 0.155 e. The van der Waals surface area contributed by atoms with Crippen molar-refractivity contribution in [3.05, 3.63) is 28.9 Å². The first-order valence-corrected chi connectivity index (χ1v) is 6.02. The molecule has 1 aromatic heterocycles. The topological polar surface area (TPSA) is 23.8 Å². The highest BCUT2D eigenvalue weighted by Crippen LogP contribution is 2.33. The Bertz CT molecular complexity index is 525. The molecule has 0 N–H and O–H groups in total. The Balaban J connectivity index is 2.87. The molecule has 0 spiro atoms. The third-order valence-electron chi connectivity index (χ3n) is 1.96. The van der Waals surface area contributed by atoms with Crippen LogP contribution >= 0.6 is 23.1 Å². The normalized spacial score (nSPS) is 10.4. The smallest absolute Gasteiger partial charge is 0.155 e. The van der Waals surface area contributed by atoms with Gasteiger partial charge in [0.15, 0.2) is 5.82 Å². The molecule has 4 heteroatoms. The second kappa shape index (κ2) is 3.60. The van der Waals surface area contributed by atoms with E-state index in [4.69, 9.17) is 5.26 Å². The fraction of sp³-hybridized carbons (Fsp3) is 0.100. The van der Waals surface area contributed by atoms with E-state index in [-0.39, 0.29) is 5.82 Å². The zero-order valence-corrected chi connectivity index (χ0v) is 9.01. The minimum atomic E-state index is -0.262. The number of fused-ring (bicyclic) bond motifs is 1. The van der Waals surface area contributed by atoms with Gasteiger partial charge in [-0.15, -0.1) is 23.1 Å². The molecule has 0 fully saturated rings. The average molecular weight is 223 g/mol. The van der Waals surface area contributed by atoms with Crippen LogP contribution in [0.3, 0.4) is 0 Å². The van der Waals surface area contributed by atoms with Crippen molar-refractivity contribution in [3.8, 4) is 6.07 Å². The molecule has 0 saturated carbocycles. The Morgan fingerprint density at radius 3 is 3.00 bits per heavy atom. The van der Waals surface area contributed by atoms with Crippen LogP contribution in [-0.4, -0.2) is 6.26 Å². The van der Waals surface area contributed by atoms with Crippen molar-refractivity contribution in [2.45, 2.75) is 4.90 Å². The van der Waals surface area contributed by atoms with Gasteiger partial charge in [-0.3, -0.25) is 0 Å². The van der Waals surface area contributed by atoms with Gasteiger partial charge in [0.25, 0.3) is 0 Å². The Hall–Kier alpha value is -1.05. The van der Waals surface area contributed by atoms with Gasteiger partial charge in [-0.05, 0) is 29.2 Å². The van der Waals surface area contributed by atoms with E-state index in [1.54, 1.807) is 12.3 Å². The van der Waals surface area contributed by atoms with Crippen LogP contribution in [-0.2, 0) is 0 Å². The fourth-order valence-corrected chi connectivity index (χ4v) is 2.83. The Labute approximate surface area is 89.2 Å². The molecule has 0 amide bonds. The molecule has 0 atom stereocenters. The quantitative estimate of drug-likeness (QED) is 0.689. The minimum Gasteiger partial charge on any atom is -0.204 e. The summed E-state index contributed by atoms with van der Waals surface area (Å²) in [7, 11) is 0. The molecule has 0 radical (unpaired) electrons. The molecule has 0 aliphatic heterocycles. The van der Waals surface area contributed by atoms with Crippen molar-refractivity contribution in [1.82, 2.24) is 0 Å². The van der Waals surface area contributed by atoms with Gasteiger partial charge in [-0.25, -0.2) is 4.39 Å². The van der Waals surface area contributed by atoms with E-state index in [2.05, 4.69) is 0 Å². The van der Waals surface area contributed by atoms with E-state index < -0.39 is 0 Å². The van der Waals surface area contributed by atoms with Crippen molar-refractivity contribution in [2.24, 2.45) is 0 Å². The van der Waals surface area contributed by atoms with E-state index >= 15 is 0 Å². The maximum absolute atomic E-state index is 13.8. The van der Waals surface area contributed by atoms with E-state index in [9.17, 15) is 4.39 Å². The number of halogens is 1. The summed E-state index contributed by atoms with van der Waals surface area (Å²) in [5, 5.41) is 11.5. The molecule has 1 heterocycles. The molecule has 14 heavy (non-hydrogen) atoms. The molecule has 2 aromatic rings. The molecule has 2 rings (SSSR count). The third kappa shape index (κ3) is 1.29. The monoisotopic (exact) mass is 223 g/mol. The molecule has 70 valence electrons. The van der Waals surface area contributed by atoms with Crippen LogP contribution in [0.15, 0.2) is 22.4 Å². The molecule has 1 aromatic carbocycles. The Kier molecular flexibility index (Phi) is 2.44. The number of rotatable bonds is 1. The molecule has 0 unspecified atom stereocenters. The first-order chi connectivity index (χ1) is 6.77. The number of hydrogen-bond donors (Lipinski definition) is 0. The highest BCUT2D eigenvalue weighted by molar-refractivity contribution is 7.98. The van der Waals surface area contributed by atoms with Crippen molar-refractivity contribution in [3.63, 3.8) is 0 Å². The number of benzene rings is 1. The highest BCUT2D eigenvalue weighted by atomic mass is 32.2. The number of nitriles is 1. The van der Waals surface area contributed by atoms with Crippen LogP contribution in [0.25, 0.3) is 10.1 Å². The van der Waals surface area contributed by atoms with Gasteiger partial charge < -0.3 is 0 Å². The lowest BCUT2D eigenvalue weighted by Gasteiger charge is -2.02. The Morgan fingerprint density at radius 2 is 2.36 bits per heavy atom. The lowest BCUT2D eigenvalue weighted by Crippen LogP contribution is -1.86. The van der Waals surface area contributed by atoms with E-state index in [0.717, 1.165) is 5.39 Å². The predicted octanol–water partition coefficient (Wildman–Crippen LogP) is 3.63. The second-order valence-corrected chi connectivity index (χ2v) is 4.45. The predicted molar refractivity (Wildman–Crippen MR) is 58.3 cm³/mol. The standard InChI is InChI=1S/C10H6FNS2/c1-13-9-7(5-12)4-6-2-3-14-10(6)8(9)11/h2-4H,1H3. The van der Waals surface area contributed by atoms with Crippen LogP contribution in [0.5, 0.6) is 0 Å². The molecule has 0 bridgehead atoms. The van der Waals surface area contributed by atoms with Gasteiger partial charge >= 0.3 is 0 Å². The van der Waals surface area contributed by atoms with Crippen molar-refractivity contribution in [1.29, 1.82) is 5.26 Å². The average Bonchev–Trinajstić information content (AvgIpc) is 2.65.